The molecule has 27 heavy (non-hydrogen) atoms. The maximum absolute atomic E-state index is 12.8. The molecule has 0 radical (unpaired) electrons. The van der Waals surface area contributed by atoms with Gasteiger partial charge in [0.1, 0.15) is 0 Å². The number of aromatic nitrogens is 2. The molecule has 0 saturated carbocycles. The van der Waals surface area contributed by atoms with E-state index in [1.165, 1.54) is 5.56 Å². The number of amides is 1. The van der Waals surface area contributed by atoms with Gasteiger partial charge in [0.25, 0.3) is 5.91 Å². The van der Waals surface area contributed by atoms with Gasteiger partial charge >= 0.3 is 0 Å². The second-order valence-electron chi connectivity index (χ2n) is 7.20. The molecule has 1 aliphatic heterocycles. The lowest BCUT2D eigenvalue weighted by Crippen LogP contribution is -2.49. The molecule has 0 aliphatic carbocycles. The van der Waals surface area contributed by atoms with Crippen molar-refractivity contribution < 1.29 is 9.53 Å². The maximum atomic E-state index is 12.8. The summed E-state index contributed by atoms with van der Waals surface area (Å²) in [7, 11) is 0. The number of nitrogens with zero attached hydrogens (tertiary/aromatic N) is 4. The average molecular weight is 368 g/mol. The molecule has 144 valence electrons. The van der Waals surface area contributed by atoms with E-state index in [1.807, 2.05) is 24.0 Å². The molecule has 6 heteroatoms. The molecule has 1 aromatic heterocycles. The summed E-state index contributed by atoms with van der Waals surface area (Å²) in [6.45, 7) is 9.66. The van der Waals surface area contributed by atoms with Crippen molar-refractivity contribution >= 4 is 11.9 Å². The van der Waals surface area contributed by atoms with Crippen LogP contribution in [-0.4, -0.2) is 53.6 Å². The minimum Gasteiger partial charge on any atom is -0.478 e. The smallest absolute Gasteiger partial charge is 0.253 e. The van der Waals surface area contributed by atoms with E-state index in [0.717, 1.165) is 12.0 Å². The molecule has 1 saturated heterocycles. The van der Waals surface area contributed by atoms with Crippen molar-refractivity contribution in [1.82, 2.24) is 14.9 Å². The first-order chi connectivity index (χ1) is 13.1. The summed E-state index contributed by atoms with van der Waals surface area (Å²) in [5.74, 6) is 1.95. The monoisotopic (exact) mass is 368 g/mol. The number of piperazine rings is 1. The highest BCUT2D eigenvalue weighted by molar-refractivity contribution is 5.94. The van der Waals surface area contributed by atoms with Gasteiger partial charge in [-0.2, -0.15) is 4.98 Å². The third-order valence-corrected chi connectivity index (χ3v) is 4.60. The van der Waals surface area contributed by atoms with Gasteiger partial charge in [-0.25, -0.2) is 4.98 Å². The van der Waals surface area contributed by atoms with Crippen LogP contribution in [0.2, 0.25) is 0 Å². The number of benzene rings is 1. The van der Waals surface area contributed by atoms with E-state index in [0.29, 0.717) is 50.5 Å². The average Bonchev–Trinajstić information content (AvgIpc) is 2.68. The fourth-order valence-electron chi connectivity index (χ4n) is 3.26. The predicted octanol–water partition coefficient (Wildman–Crippen LogP) is 3.04. The molecule has 0 N–H and O–H groups in total. The number of ether oxygens (including phenoxy) is 1. The molecular weight excluding hydrogens is 340 g/mol. The molecule has 1 fully saturated rings. The van der Waals surface area contributed by atoms with Gasteiger partial charge in [0.05, 0.1) is 6.61 Å². The van der Waals surface area contributed by atoms with Gasteiger partial charge in [-0.3, -0.25) is 4.79 Å². The van der Waals surface area contributed by atoms with E-state index in [1.54, 1.807) is 12.3 Å². The van der Waals surface area contributed by atoms with Gasteiger partial charge in [-0.15, -0.1) is 0 Å². The standard InChI is InChI=1S/C21H28N4O2/c1-4-27-19-9-10-22-21(23-19)25-13-11-24(12-14-25)20(26)18-7-5-17(6-8-18)15-16(2)3/h5-10,16H,4,11-15H2,1-3H3. The largest absolute Gasteiger partial charge is 0.478 e. The van der Waals surface area contributed by atoms with Crippen molar-refractivity contribution in [2.75, 3.05) is 37.7 Å². The van der Waals surface area contributed by atoms with Crippen molar-refractivity contribution in [3.05, 3.63) is 47.7 Å². The van der Waals surface area contributed by atoms with Crippen LogP contribution in [0.4, 0.5) is 5.95 Å². The van der Waals surface area contributed by atoms with Crippen LogP contribution in [0.5, 0.6) is 5.88 Å². The maximum Gasteiger partial charge on any atom is 0.253 e. The van der Waals surface area contributed by atoms with E-state index < -0.39 is 0 Å². The highest BCUT2D eigenvalue weighted by atomic mass is 16.5. The van der Waals surface area contributed by atoms with Crippen LogP contribution in [0.1, 0.15) is 36.7 Å². The summed E-state index contributed by atoms with van der Waals surface area (Å²) < 4.78 is 5.45. The Balaban J connectivity index is 1.58. The minimum absolute atomic E-state index is 0.0923. The molecule has 2 aromatic rings. The first kappa shape index (κ1) is 19.1. The molecule has 2 heterocycles. The predicted molar refractivity (Wildman–Crippen MR) is 106 cm³/mol. The molecule has 0 atom stereocenters. The fraction of sp³-hybridized carbons (Fsp3) is 0.476. The van der Waals surface area contributed by atoms with Gasteiger partial charge in [0.2, 0.25) is 11.8 Å². The molecule has 3 rings (SSSR count). The van der Waals surface area contributed by atoms with Gasteiger partial charge < -0.3 is 14.5 Å². The number of rotatable bonds is 6. The molecule has 1 aliphatic rings. The SMILES string of the molecule is CCOc1ccnc(N2CCN(C(=O)c3ccc(CC(C)C)cc3)CC2)n1. The van der Waals surface area contributed by atoms with Crippen molar-refractivity contribution in [2.24, 2.45) is 5.92 Å². The first-order valence-corrected chi connectivity index (χ1v) is 9.66. The Morgan fingerprint density at radius 1 is 1.11 bits per heavy atom. The number of hydrogen-bond acceptors (Lipinski definition) is 5. The van der Waals surface area contributed by atoms with Crippen LogP contribution in [0.3, 0.4) is 0 Å². The first-order valence-electron chi connectivity index (χ1n) is 9.66. The van der Waals surface area contributed by atoms with Gasteiger partial charge in [-0.05, 0) is 37.0 Å². The summed E-state index contributed by atoms with van der Waals surface area (Å²) in [6.07, 6.45) is 2.75. The van der Waals surface area contributed by atoms with Crippen molar-refractivity contribution in [3.63, 3.8) is 0 Å². The van der Waals surface area contributed by atoms with Crippen molar-refractivity contribution in [3.8, 4) is 5.88 Å². The molecule has 0 spiro atoms. The molecule has 1 amide bonds. The Kier molecular flexibility index (Phi) is 6.27. The van der Waals surface area contributed by atoms with Crippen LogP contribution in [0, 0.1) is 5.92 Å². The van der Waals surface area contributed by atoms with Crippen molar-refractivity contribution in [1.29, 1.82) is 0 Å². The Morgan fingerprint density at radius 2 is 1.81 bits per heavy atom. The van der Waals surface area contributed by atoms with Crippen LogP contribution >= 0.6 is 0 Å². The zero-order chi connectivity index (χ0) is 19.2. The topological polar surface area (TPSA) is 58.6 Å². The Bertz CT molecular complexity index is 753. The number of carbonyl (C=O) groups excluding carboxylic acids is 1. The highest BCUT2D eigenvalue weighted by Crippen LogP contribution is 2.17. The normalized spacial score (nSPS) is 14.5. The third kappa shape index (κ3) is 4.96. The zero-order valence-electron chi connectivity index (χ0n) is 16.4. The van der Waals surface area contributed by atoms with Gasteiger partial charge in [0.15, 0.2) is 0 Å². The van der Waals surface area contributed by atoms with Gasteiger partial charge in [-0.1, -0.05) is 26.0 Å². The number of anilines is 1. The third-order valence-electron chi connectivity index (χ3n) is 4.60. The van der Waals surface area contributed by atoms with Gasteiger partial charge in [0, 0.05) is 44.0 Å². The van der Waals surface area contributed by atoms with Crippen LogP contribution in [-0.2, 0) is 6.42 Å². The lowest BCUT2D eigenvalue weighted by Gasteiger charge is -2.34. The van der Waals surface area contributed by atoms with E-state index in [2.05, 4.69) is 40.8 Å². The molecule has 1 aromatic carbocycles. The highest BCUT2D eigenvalue weighted by Gasteiger charge is 2.23. The summed E-state index contributed by atoms with van der Waals surface area (Å²) in [6, 6.07) is 9.78. The second kappa shape index (κ2) is 8.84. The quantitative estimate of drug-likeness (QED) is 0.784. The summed E-state index contributed by atoms with van der Waals surface area (Å²) in [5.41, 5.74) is 2.03. The lowest BCUT2D eigenvalue weighted by atomic mass is 10.0. The van der Waals surface area contributed by atoms with E-state index in [-0.39, 0.29) is 5.91 Å². The second-order valence-corrected chi connectivity index (χ2v) is 7.20. The Hall–Kier alpha value is -2.63. The van der Waals surface area contributed by atoms with E-state index in [4.69, 9.17) is 4.74 Å². The molecule has 6 nitrogen and oxygen atoms in total. The van der Waals surface area contributed by atoms with Crippen molar-refractivity contribution in [2.45, 2.75) is 27.2 Å². The molecular formula is C21H28N4O2. The Labute approximate surface area is 161 Å². The summed E-state index contributed by atoms with van der Waals surface area (Å²) >= 11 is 0. The number of carbonyl (C=O) groups is 1. The van der Waals surface area contributed by atoms with Crippen LogP contribution < -0.4 is 9.64 Å². The fourth-order valence-corrected chi connectivity index (χ4v) is 3.26. The Morgan fingerprint density at radius 3 is 2.44 bits per heavy atom. The number of hydrogen-bond donors (Lipinski definition) is 0. The lowest BCUT2D eigenvalue weighted by molar-refractivity contribution is 0.0746. The van der Waals surface area contributed by atoms with Crippen LogP contribution in [0.15, 0.2) is 36.5 Å². The zero-order valence-corrected chi connectivity index (χ0v) is 16.4. The minimum atomic E-state index is 0.0923. The molecule has 0 bridgehead atoms. The summed E-state index contributed by atoms with van der Waals surface area (Å²) in [4.78, 5) is 25.5. The molecule has 0 unspecified atom stereocenters. The van der Waals surface area contributed by atoms with E-state index >= 15 is 0 Å². The van der Waals surface area contributed by atoms with E-state index in [9.17, 15) is 4.79 Å². The summed E-state index contributed by atoms with van der Waals surface area (Å²) in [5, 5.41) is 0. The van der Waals surface area contributed by atoms with Crippen LogP contribution in [0.25, 0.3) is 0 Å².